The van der Waals surface area contributed by atoms with E-state index in [0.29, 0.717) is 11.3 Å². The molecule has 0 aliphatic carbocycles. The fourth-order valence-electron chi connectivity index (χ4n) is 1.31. The Kier molecular flexibility index (Phi) is 2.40. The Bertz CT molecular complexity index is 557. The molecule has 2 N–H and O–H groups in total. The van der Waals surface area contributed by atoms with Crippen molar-refractivity contribution in [2.75, 3.05) is 0 Å². The van der Waals surface area contributed by atoms with Crippen molar-refractivity contribution in [1.82, 2.24) is 9.78 Å². The van der Waals surface area contributed by atoms with E-state index in [2.05, 4.69) is 21.0 Å². The molecule has 0 saturated carbocycles. The number of nitrogens with zero attached hydrogens (tertiary/aromatic N) is 1. The van der Waals surface area contributed by atoms with Gasteiger partial charge >= 0.3 is 0 Å². The van der Waals surface area contributed by atoms with Crippen LogP contribution in [-0.2, 0) is 0 Å². The maximum Gasteiger partial charge on any atom is 0.271 e. The van der Waals surface area contributed by atoms with Crippen molar-refractivity contribution in [3.05, 3.63) is 44.7 Å². The van der Waals surface area contributed by atoms with Gasteiger partial charge in [0.05, 0.1) is 11.3 Å². The first-order chi connectivity index (χ1) is 7.09. The van der Waals surface area contributed by atoms with Crippen LogP contribution in [0.1, 0.15) is 5.56 Å². The summed E-state index contributed by atoms with van der Waals surface area (Å²) in [5, 5.41) is 12.2. The molecule has 0 bridgehead atoms. The van der Waals surface area contributed by atoms with Crippen LogP contribution in [-0.4, -0.2) is 14.9 Å². The molecule has 4 nitrogen and oxygen atoms in total. The van der Waals surface area contributed by atoms with Crippen molar-refractivity contribution < 1.29 is 5.11 Å². The van der Waals surface area contributed by atoms with Crippen LogP contribution in [0.25, 0.3) is 5.69 Å². The van der Waals surface area contributed by atoms with Gasteiger partial charge in [-0.2, -0.15) is 0 Å². The summed E-state index contributed by atoms with van der Waals surface area (Å²) in [5.74, 6) is -0.0573. The lowest BCUT2D eigenvalue weighted by Crippen LogP contribution is -2.04. The molecule has 0 radical (unpaired) electrons. The topological polar surface area (TPSA) is 58.0 Å². The fraction of sp³-hybridized carbons (Fsp3) is 0.100. The lowest BCUT2D eigenvalue weighted by Gasteiger charge is -2.04. The predicted molar refractivity (Wildman–Crippen MR) is 60.5 cm³/mol. The molecule has 0 amide bonds. The van der Waals surface area contributed by atoms with Crippen LogP contribution in [0.4, 0.5) is 0 Å². The Balaban J connectivity index is 2.64. The highest BCUT2D eigenvalue weighted by molar-refractivity contribution is 9.10. The van der Waals surface area contributed by atoms with Gasteiger partial charge in [-0.25, -0.2) is 4.68 Å². The summed E-state index contributed by atoms with van der Waals surface area (Å²) in [6, 6.07) is 7.29. The van der Waals surface area contributed by atoms with Crippen LogP contribution in [0.5, 0.6) is 5.88 Å². The number of halogens is 1. The van der Waals surface area contributed by atoms with E-state index >= 15 is 0 Å². The Morgan fingerprint density at radius 2 is 2.20 bits per heavy atom. The molecule has 0 aliphatic heterocycles. The summed E-state index contributed by atoms with van der Waals surface area (Å²) in [4.78, 5) is 11.3. The molecule has 0 unspecified atom stereocenters. The van der Waals surface area contributed by atoms with E-state index in [1.54, 1.807) is 19.1 Å². The minimum atomic E-state index is -0.285. The van der Waals surface area contributed by atoms with Crippen molar-refractivity contribution >= 4 is 15.9 Å². The van der Waals surface area contributed by atoms with Gasteiger partial charge in [0.1, 0.15) is 0 Å². The third-order valence-electron chi connectivity index (χ3n) is 2.17. The molecule has 2 aromatic rings. The zero-order chi connectivity index (χ0) is 11.0. The Morgan fingerprint density at radius 1 is 1.47 bits per heavy atom. The molecule has 78 valence electrons. The maximum absolute atomic E-state index is 11.3. The molecule has 0 saturated heterocycles. The Hall–Kier alpha value is -1.49. The third-order valence-corrected chi connectivity index (χ3v) is 2.66. The van der Waals surface area contributed by atoms with E-state index in [0.717, 1.165) is 4.47 Å². The van der Waals surface area contributed by atoms with Crippen molar-refractivity contribution in [3.8, 4) is 11.6 Å². The molecule has 0 atom stereocenters. The van der Waals surface area contributed by atoms with Crippen LogP contribution < -0.4 is 5.56 Å². The maximum atomic E-state index is 11.3. The second-order valence-electron chi connectivity index (χ2n) is 3.20. The van der Waals surface area contributed by atoms with Gasteiger partial charge in [0.2, 0.25) is 5.88 Å². The molecule has 15 heavy (non-hydrogen) atoms. The van der Waals surface area contributed by atoms with Gasteiger partial charge in [-0.05, 0) is 25.1 Å². The molecule has 5 heteroatoms. The number of hydrogen-bond donors (Lipinski definition) is 2. The van der Waals surface area contributed by atoms with Gasteiger partial charge in [0.25, 0.3) is 5.56 Å². The zero-order valence-electron chi connectivity index (χ0n) is 7.99. The highest BCUT2D eigenvalue weighted by atomic mass is 79.9. The van der Waals surface area contributed by atoms with Crippen LogP contribution in [0.15, 0.2) is 33.5 Å². The molecular formula is C10H9BrN2O2. The number of aromatic nitrogens is 2. The second kappa shape index (κ2) is 3.58. The average Bonchev–Trinajstić information content (AvgIpc) is 2.46. The molecule has 1 aromatic heterocycles. The highest BCUT2D eigenvalue weighted by Gasteiger charge is 2.10. The van der Waals surface area contributed by atoms with Crippen LogP contribution in [0, 0.1) is 6.92 Å². The predicted octanol–water partition coefficient (Wildman–Crippen LogP) is 1.94. The number of hydrogen-bond acceptors (Lipinski definition) is 2. The summed E-state index contributed by atoms with van der Waals surface area (Å²) in [6.45, 7) is 1.57. The first-order valence-electron chi connectivity index (χ1n) is 4.36. The standard InChI is InChI=1S/C10H9BrN2O2/c1-6-9(14)12-13(10(6)15)8-4-2-3-7(11)5-8/h2-5,15H,1H3,(H,12,14). The van der Waals surface area contributed by atoms with E-state index in [-0.39, 0.29) is 11.4 Å². The Labute approximate surface area is 94.3 Å². The van der Waals surface area contributed by atoms with Crippen LogP contribution in [0.3, 0.4) is 0 Å². The van der Waals surface area contributed by atoms with Gasteiger partial charge in [0.15, 0.2) is 0 Å². The SMILES string of the molecule is Cc1c(O)n(-c2cccc(Br)c2)[nH]c1=O. The van der Waals surface area contributed by atoms with Crippen LogP contribution in [0.2, 0.25) is 0 Å². The lowest BCUT2D eigenvalue weighted by molar-refractivity contribution is 0.430. The number of rotatable bonds is 1. The summed E-state index contributed by atoms with van der Waals surface area (Å²) in [5.41, 5.74) is 0.731. The first kappa shape index (κ1) is 10.0. The average molecular weight is 269 g/mol. The quantitative estimate of drug-likeness (QED) is 0.831. The first-order valence-corrected chi connectivity index (χ1v) is 5.15. The third kappa shape index (κ3) is 1.70. The van der Waals surface area contributed by atoms with E-state index < -0.39 is 0 Å². The molecule has 0 aliphatic rings. The van der Waals surface area contributed by atoms with Gasteiger partial charge in [-0.1, -0.05) is 22.0 Å². The summed E-state index contributed by atoms with van der Waals surface area (Å²) >= 11 is 3.32. The molecule has 1 heterocycles. The number of aromatic hydroxyl groups is 1. The monoisotopic (exact) mass is 268 g/mol. The van der Waals surface area contributed by atoms with Crippen molar-refractivity contribution in [2.45, 2.75) is 6.92 Å². The molecule has 1 aromatic carbocycles. The second-order valence-corrected chi connectivity index (χ2v) is 4.12. The highest BCUT2D eigenvalue weighted by Crippen LogP contribution is 2.20. The smallest absolute Gasteiger partial charge is 0.271 e. The lowest BCUT2D eigenvalue weighted by atomic mass is 10.3. The summed E-state index contributed by atoms with van der Waals surface area (Å²) in [6.07, 6.45) is 0. The number of nitrogens with one attached hydrogen (secondary N) is 1. The van der Waals surface area contributed by atoms with Crippen molar-refractivity contribution in [1.29, 1.82) is 0 Å². The molecular weight excluding hydrogens is 260 g/mol. The van der Waals surface area contributed by atoms with Crippen molar-refractivity contribution in [2.24, 2.45) is 0 Å². The van der Waals surface area contributed by atoms with Gasteiger partial charge in [-0.15, -0.1) is 0 Å². The number of benzene rings is 1. The van der Waals surface area contributed by atoms with E-state index in [4.69, 9.17) is 0 Å². The van der Waals surface area contributed by atoms with Gasteiger partial charge in [0, 0.05) is 4.47 Å². The number of aromatic amines is 1. The fourth-order valence-corrected chi connectivity index (χ4v) is 1.70. The minimum absolute atomic E-state index is 0.0573. The van der Waals surface area contributed by atoms with Gasteiger partial charge in [-0.3, -0.25) is 9.89 Å². The summed E-state index contributed by atoms with van der Waals surface area (Å²) < 4.78 is 2.23. The van der Waals surface area contributed by atoms with E-state index in [1.165, 1.54) is 4.68 Å². The minimum Gasteiger partial charge on any atom is -0.493 e. The van der Waals surface area contributed by atoms with Gasteiger partial charge < -0.3 is 5.11 Å². The molecule has 0 fully saturated rings. The summed E-state index contributed by atoms with van der Waals surface area (Å²) in [7, 11) is 0. The number of H-pyrrole nitrogens is 1. The molecule has 0 spiro atoms. The van der Waals surface area contributed by atoms with E-state index in [1.807, 2.05) is 12.1 Å². The molecule has 2 rings (SSSR count). The Morgan fingerprint density at radius 3 is 2.73 bits per heavy atom. The van der Waals surface area contributed by atoms with Crippen LogP contribution >= 0.6 is 15.9 Å². The van der Waals surface area contributed by atoms with E-state index in [9.17, 15) is 9.90 Å². The largest absolute Gasteiger partial charge is 0.493 e. The van der Waals surface area contributed by atoms with Crippen molar-refractivity contribution in [3.63, 3.8) is 0 Å². The normalized spacial score (nSPS) is 10.5. The zero-order valence-corrected chi connectivity index (χ0v) is 9.58.